The molecule has 0 radical (unpaired) electrons. The van der Waals surface area contributed by atoms with Gasteiger partial charge in [0.1, 0.15) is 11.2 Å². The molecule has 116 valence electrons. The maximum atomic E-state index is 12.8. The van der Waals surface area contributed by atoms with E-state index in [4.69, 9.17) is 4.42 Å². The topological polar surface area (TPSA) is 81.2 Å². The maximum Gasteiger partial charge on any atom is 0.305 e. The van der Waals surface area contributed by atoms with Crippen LogP contribution >= 0.6 is 0 Å². The van der Waals surface area contributed by atoms with Gasteiger partial charge in [-0.3, -0.25) is 14.5 Å². The van der Waals surface area contributed by atoms with Gasteiger partial charge in [-0.15, -0.1) is 0 Å². The predicted octanol–water partition coefficient (Wildman–Crippen LogP) is 1.73. The van der Waals surface area contributed by atoms with E-state index in [0.717, 1.165) is 17.5 Å². The van der Waals surface area contributed by atoms with E-state index in [9.17, 15) is 9.59 Å². The lowest BCUT2D eigenvalue weighted by atomic mass is 10.3. The number of hydrogen-bond acceptors (Lipinski definition) is 5. The Hall–Kier alpha value is -2.96. The van der Waals surface area contributed by atoms with Crippen molar-refractivity contribution in [3.8, 4) is 0 Å². The molecule has 7 nitrogen and oxygen atoms in total. The summed E-state index contributed by atoms with van der Waals surface area (Å²) >= 11 is 0. The van der Waals surface area contributed by atoms with E-state index < -0.39 is 0 Å². The lowest BCUT2D eigenvalue weighted by Gasteiger charge is -2.17. The molecule has 1 aliphatic rings. The predicted molar refractivity (Wildman–Crippen MR) is 83.3 cm³/mol. The highest BCUT2D eigenvalue weighted by atomic mass is 16.4. The summed E-state index contributed by atoms with van der Waals surface area (Å²) in [5.74, 6) is -0.311. The molecule has 0 atom stereocenters. The summed E-state index contributed by atoms with van der Waals surface area (Å²) in [6.45, 7) is 0. The maximum absolute atomic E-state index is 12.8. The van der Waals surface area contributed by atoms with Gasteiger partial charge in [0.15, 0.2) is 5.58 Å². The summed E-state index contributed by atoms with van der Waals surface area (Å²) in [6, 6.07) is 10.5. The lowest BCUT2D eigenvalue weighted by molar-refractivity contribution is 0.0973. The standard InChI is InChI=1S/C16H14N4O3/c1-19-14(21)9-8-12(18-19)15(22)20(10-6-7-10)16-17-11-4-2-3-5-13(11)23-16/h2-5,8-10H,6-7H2,1H3. The van der Waals surface area contributed by atoms with Crippen molar-refractivity contribution >= 4 is 23.0 Å². The summed E-state index contributed by atoms with van der Waals surface area (Å²) < 4.78 is 6.87. The van der Waals surface area contributed by atoms with Crippen LogP contribution in [0.5, 0.6) is 0 Å². The zero-order chi connectivity index (χ0) is 16.0. The highest BCUT2D eigenvalue weighted by molar-refractivity contribution is 6.04. The Balaban J connectivity index is 1.76. The first-order valence-corrected chi connectivity index (χ1v) is 7.37. The molecule has 0 N–H and O–H groups in total. The van der Waals surface area contributed by atoms with Crippen LogP contribution in [-0.2, 0) is 7.05 Å². The number of fused-ring (bicyclic) bond motifs is 1. The third-order valence-corrected chi connectivity index (χ3v) is 3.80. The molecule has 0 bridgehead atoms. The Morgan fingerprint density at radius 1 is 1.26 bits per heavy atom. The Morgan fingerprint density at radius 2 is 2.04 bits per heavy atom. The van der Waals surface area contributed by atoms with Crippen molar-refractivity contribution in [2.75, 3.05) is 4.90 Å². The number of carbonyl (C=O) groups is 1. The zero-order valence-electron chi connectivity index (χ0n) is 12.5. The van der Waals surface area contributed by atoms with E-state index in [1.165, 1.54) is 24.1 Å². The molecule has 0 unspecified atom stereocenters. The number of aryl methyl sites for hydroxylation is 1. The minimum atomic E-state index is -0.311. The normalized spacial score (nSPS) is 14.1. The van der Waals surface area contributed by atoms with Crippen LogP contribution in [0.15, 0.2) is 45.6 Å². The Morgan fingerprint density at radius 3 is 2.74 bits per heavy atom. The van der Waals surface area contributed by atoms with Gasteiger partial charge in [0.2, 0.25) is 0 Å². The SMILES string of the molecule is Cn1nc(C(=O)N(c2nc3ccccc3o2)C2CC2)ccc1=O. The molecule has 1 amide bonds. The molecule has 1 saturated carbocycles. The number of nitrogens with zero attached hydrogens (tertiary/aromatic N) is 4. The highest BCUT2D eigenvalue weighted by Gasteiger charge is 2.38. The Bertz CT molecular complexity index is 922. The second-order valence-electron chi connectivity index (χ2n) is 5.55. The lowest BCUT2D eigenvalue weighted by Crippen LogP contribution is -2.35. The highest BCUT2D eigenvalue weighted by Crippen LogP contribution is 2.33. The molecule has 3 aromatic rings. The van der Waals surface area contributed by atoms with Crippen molar-refractivity contribution in [1.82, 2.24) is 14.8 Å². The molecule has 2 heterocycles. The number of amides is 1. The van der Waals surface area contributed by atoms with Gasteiger partial charge in [-0.2, -0.15) is 10.1 Å². The summed E-state index contributed by atoms with van der Waals surface area (Å²) in [5.41, 5.74) is 1.27. The quantitative estimate of drug-likeness (QED) is 0.736. The van der Waals surface area contributed by atoms with Gasteiger partial charge in [-0.25, -0.2) is 4.68 Å². The summed E-state index contributed by atoms with van der Waals surface area (Å²) in [7, 11) is 1.51. The molecule has 23 heavy (non-hydrogen) atoms. The number of carbonyl (C=O) groups excluding carboxylic acids is 1. The Labute approximate surface area is 131 Å². The molecule has 7 heteroatoms. The van der Waals surface area contributed by atoms with E-state index in [-0.39, 0.29) is 29.2 Å². The third-order valence-electron chi connectivity index (χ3n) is 3.80. The van der Waals surface area contributed by atoms with Crippen LogP contribution in [0.4, 0.5) is 6.01 Å². The number of oxazole rings is 1. The number of anilines is 1. The fourth-order valence-electron chi connectivity index (χ4n) is 2.44. The molecular formula is C16H14N4O3. The first-order chi connectivity index (χ1) is 11.1. The monoisotopic (exact) mass is 310 g/mol. The first-order valence-electron chi connectivity index (χ1n) is 7.37. The summed E-state index contributed by atoms with van der Waals surface area (Å²) in [6.07, 6.45) is 1.80. The number of benzene rings is 1. The van der Waals surface area contributed by atoms with Crippen molar-refractivity contribution in [2.45, 2.75) is 18.9 Å². The summed E-state index contributed by atoms with van der Waals surface area (Å²) in [4.78, 5) is 30.2. The van der Waals surface area contributed by atoms with E-state index in [2.05, 4.69) is 10.1 Å². The van der Waals surface area contributed by atoms with Crippen LogP contribution in [-0.4, -0.2) is 26.7 Å². The minimum absolute atomic E-state index is 0.0644. The van der Waals surface area contributed by atoms with Gasteiger partial charge >= 0.3 is 6.01 Å². The number of aromatic nitrogens is 3. The molecule has 0 saturated heterocycles. The van der Waals surface area contributed by atoms with Crippen molar-refractivity contribution in [2.24, 2.45) is 7.05 Å². The van der Waals surface area contributed by atoms with Gasteiger partial charge in [0.05, 0.1) is 0 Å². The number of rotatable bonds is 3. The van der Waals surface area contributed by atoms with E-state index in [1.54, 1.807) is 0 Å². The van der Waals surface area contributed by atoms with Crippen molar-refractivity contribution in [3.05, 3.63) is 52.4 Å². The average molecular weight is 310 g/mol. The van der Waals surface area contributed by atoms with Crippen molar-refractivity contribution in [3.63, 3.8) is 0 Å². The zero-order valence-corrected chi connectivity index (χ0v) is 12.5. The molecule has 1 fully saturated rings. The van der Waals surface area contributed by atoms with Gasteiger partial charge in [-0.1, -0.05) is 12.1 Å². The van der Waals surface area contributed by atoms with E-state index in [0.29, 0.717) is 11.1 Å². The molecule has 0 spiro atoms. The fraction of sp³-hybridized carbons (Fsp3) is 0.250. The van der Waals surface area contributed by atoms with E-state index >= 15 is 0 Å². The first kappa shape index (κ1) is 13.7. The molecule has 1 aliphatic carbocycles. The molecular weight excluding hydrogens is 296 g/mol. The molecule has 4 rings (SSSR count). The smallest absolute Gasteiger partial charge is 0.305 e. The minimum Gasteiger partial charge on any atom is -0.423 e. The second-order valence-corrected chi connectivity index (χ2v) is 5.55. The summed E-state index contributed by atoms with van der Waals surface area (Å²) in [5, 5.41) is 4.03. The fourth-order valence-corrected chi connectivity index (χ4v) is 2.44. The molecule has 1 aromatic carbocycles. The van der Waals surface area contributed by atoms with Crippen molar-refractivity contribution < 1.29 is 9.21 Å². The van der Waals surface area contributed by atoms with Crippen molar-refractivity contribution in [1.29, 1.82) is 0 Å². The van der Waals surface area contributed by atoms with Crippen LogP contribution < -0.4 is 10.5 Å². The third kappa shape index (κ3) is 2.40. The van der Waals surface area contributed by atoms with Crippen LogP contribution in [0.2, 0.25) is 0 Å². The second kappa shape index (κ2) is 5.05. The largest absolute Gasteiger partial charge is 0.423 e. The average Bonchev–Trinajstić information content (AvgIpc) is 3.28. The van der Waals surface area contributed by atoms with E-state index in [1.807, 2.05) is 24.3 Å². The number of para-hydroxylation sites is 2. The molecule has 0 aliphatic heterocycles. The molecule has 2 aromatic heterocycles. The van der Waals surface area contributed by atoms with Gasteiger partial charge < -0.3 is 4.42 Å². The van der Waals surface area contributed by atoms with Crippen LogP contribution in [0.25, 0.3) is 11.1 Å². The van der Waals surface area contributed by atoms with Crippen LogP contribution in [0, 0.1) is 0 Å². The van der Waals surface area contributed by atoms with Gasteiger partial charge in [-0.05, 0) is 31.0 Å². The van der Waals surface area contributed by atoms with Crippen LogP contribution in [0.3, 0.4) is 0 Å². The number of hydrogen-bond donors (Lipinski definition) is 0. The van der Waals surface area contributed by atoms with Crippen LogP contribution in [0.1, 0.15) is 23.3 Å². The van der Waals surface area contributed by atoms with Gasteiger partial charge in [0, 0.05) is 19.2 Å². The van der Waals surface area contributed by atoms with Gasteiger partial charge in [0.25, 0.3) is 11.5 Å². The Kier molecular flexibility index (Phi) is 3.00.